The molecule has 2 heterocycles. The summed E-state index contributed by atoms with van der Waals surface area (Å²) in [5, 5.41) is 25.1. The lowest BCUT2D eigenvalue weighted by Gasteiger charge is -2.42. The summed E-state index contributed by atoms with van der Waals surface area (Å²) in [7, 11) is 0. The molecule has 23 heteroatoms. The molecular formula is C45H66N10O13. The van der Waals surface area contributed by atoms with E-state index in [-0.39, 0.29) is 56.7 Å². The summed E-state index contributed by atoms with van der Waals surface area (Å²) < 4.78 is 0. The van der Waals surface area contributed by atoms with Crippen molar-refractivity contribution < 1.29 is 62.6 Å². The van der Waals surface area contributed by atoms with Gasteiger partial charge in [-0.2, -0.15) is 0 Å². The van der Waals surface area contributed by atoms with Crippen molar-refractivity contribution in [3.63, 3.8) is 0 Å². The number of primary amides is 3. The van der Waals surface area contributed by atoms with Crippen molar-refractivity contribution in [2.24, 2.45) is 35.0 Å². The van der Waals surface area contributed by atoms with Crippen LogP contribution in [0.3, 0.4) is 0 Å². The molecule has 0 aliphatic carbocycles. The molecule has 1 aromatic rings. The molecule has 10 amide bonds. The second-order valence-corrected chi connectivity index (χ2v) is 17.8. The van der Waals surface area contributed by atoms with E-state index >= 15 is 0 Å². The number of hydrogen-bond donors (Lipinski definition) is 10. The zero-order valence-corrected chi connectivity index (χ0v) is 38.9. The minimum absolute atomic E-state index is 0.0150. The highest BCUT2D eigenvalue weighted by molar-refractivity contribution is 6.00. The Morgan fingerprint density at radius 2 is 1.44 bits per heavy atom. The Kier molecular flexibility index (Phi) is 21.5. The minimum atomic E-state index is -1.57. The molecule has 68 heavy (non-hydrogen) atoms. The number of nitrogens with zero attached hydrogens (tertiary/aromatic N) is 1. The number of benzene rings is 1. The molecule has 0 saturated carbocycles. The van der Waals surface area contributed by atoms with Crippen molar-refractivity contribution in [2.75, 3.05) is 13.1 Å². The number of Topliss-reactive ketones (excluding diaryl/α,β-unsaturated/α-hetero) is 2. The van der Waals surface area contributed by atoms with E-state index < -0.39 is 157 Å². The maximum atomic E-state index is 14.3. The van der Waals surface area contributed by atoms with Gasteiger partial charge in [-0.3, -0.25) is 57.5 Å². The van der Waals surface area contributed by atoms with Crippen LogP contribution in [0, 0.1) is 17.8 Å². The summed E-state index contributed by atoms with van der Waals surface area (Å²) in [5.41, 5.74) is 16.6. The third kappa shape index (κ3) is 17.7. The van der Waals surface area contributed by atoms with Gasteiger partial charge in [-0.05, 0) is 55.2 Å². The lowest BCUT2D eigenvalue weighted by Crippen LogP contribution is -2.64. The number of aromatic hydroxyl groups is 1. The Hall–Kier alpha value is -6.94. The zero-order chi connectivity index (χ0) is 50.8. The number of nitrogens with one attached hydrogen (secondary N) is 6. The molecule has 0 unspecified atom stereocenters. The fraction of sp³-hybridized carbons (Fsp3) is 0.600. The molecular weight excluding hydrogens is 889 g/mol. The number of amides is 10. The van der Waals surface area contributed by atoms with Gasteiger partial charge in [-0.15, -0.1) is 0 Å². The Morgan fingerprint density at radius 3 is 2.01 bits per heavy atom. The SMILES string of the molecule is CC[C@H](C)[C@@H]1NC(=O)[C@H](Cc2ccc(O)cc2)NC(=O)CNC(=O)CC[C@@H](C(=O)N2CC[C@H]2C(=O)N[C@@H](CC(C)C)C(=O)CCC(N)=O)NC(=O)[C@H](CC(N)=O)CC(=O)[C@H](CCC(N)=O)NC1=O. The first-order valence-electron chi connectivity index (χ1n) is 22.8. The number of phenolic OH excluding ortho intramolecular Hbond substituents is 1. The fourth-order valence-electron chi connectivity index (χ4n) is 7.67. The standard InChI is InChI=1S/C45H66N10O13/c1-5-24(4)40-44(67)51-28(10-13-35(46)59)34(58)20-26(21-37(48)61)41(64)52-29(45(68)55-17-16-32(55)43(66)53-30(18-23(2)3)33(57)12-14-36(47)60)11-15-38(62)49-22-39(63)50-31(42(65)54-40)19-25-6-8-27(56)9-7-25/h6-9,23-24,26,28-32,40,56H,5,10-22H2,1-4H3,(H2,46,59)(H2,47,60)(H2,48,61)(H,49,62)(H,50,63)(H,51,67)(H,52,64)(H,53,66)(H,54,65)/t24-,26-,28-,29-,30-,31-,32-,40-/m0/s1. The first-order valence-corrected chi connectivity index (χ1v) is 22.8. The van der Waals surface area contributed by atoms with Gasteiger partial charge in [0.2, 0.25) is 59.1 Å². The molecule has 374 valence electrons. The first kappa shape index (κ1) is 55.4. The lowest BCUT2D eigenvalue weighted by molar-refractivity contribution is -0.151. The van der Waals surface area contributed by atoms with Crippen LogP contribution in [0.15, 0.2) is 24.3 Å². The molecule has 1 aromatic carbocycles. The zero-order valence-electron chi connectivity index (χ0n) is 38.9. The van der Waals surface area contributed by atoms with Crippen LogP contribution in [0.5, 0.6) is 5.75 Å². The molecule has 3 rings (SSSR count). The van der Waals surface area contributed by atoms with E-state index in [1.165, 1.54) is 24.3 Å². The van der Waals surface area contributed by atoms with Crippen molar-refractivity contribution in [2.45, 2.75) is 141 Å². The van der Waals surface area contributed by atoms with Gasteiger partial charge in [0.1, 0.15) is 29.9 Å². The topological polar surface area (TPSA) is 379 Å². The number of carbonyl (C=O) groups excluding carboxylic acids is 12. The molecule has 8 atom stereocenters. The molecule has 0 bridgehead atoms. The van der Waals surface area contributed by atoms with E-state index in [2.05, 4.69) is 31.9 Å². The highest BCUT2D eigenvalue weighted by Crippen LogP contribution is 2.23. The summed E-state index contributed by atoms with van der Waals surface area (Å²) >= 11 is 0. The average Bonchev–Trinajstić information content (AvgIpc) is 3.24. The van der Waals surface area contributed by atoms with E-state index in [1.807, 2.05) is 13.8 Å². The quantitative estimate of drug-likeness (QED) is 0.0730. The number of likely N-dealkylation sites (tertiary alicyclic amines) is 1. The number of carbonyl (C=O) groups is 12. The third-order valence-electron chi connectivity index (χ3n) is 11.8. The van der Waals surface area contributed by atoms with Gasteiger partial charge in [0.15, 0.2) is 11.6 Å². The normalized spacial score (nSPS) is 23.3. The van der Waals surface area contributed by atoms with Crippen molar-refractivity contribution in [1.82, 2.24) is 36.8 Å². The number of nitrogens with two attached hydrogens (primary N) is 3. The Morgan fingerprint density at radius 1 is 0.779 bits per heavy atom. The van der Waals surface area contributed by atoms with Crippen LogP contribution in [0.1, 0.15) is 104 Å². The monoisotopic (exact) mass is 954 g/mol. The predicted molar refractivity (Wildman–Crippen MR) is 242 cm³/mol. The smallest absolute Gasteiger partial charge is 0.245 e. The summed E-state index contributed by atoms with van der Waals surface area (Å²) in [5.74, 6) is -12.0. The second-order valence-electron chi connectivity index (χ2n) is 17.8. The molecule has 0 radical (unpaired) electrons. The molecule has 2 aliphatic rings. The average molecular weight is 955 g/mol. The number of phenols is 1. The Bertz CT molecular complexity index is 2060. The van der Waals surface area contributed by atoms with E-state index in [4.69, 9.17) is 17.2 Å². The second kappa shape index (κ2) is 26.4. The number of rotatable bonds is 18. The van der Waals surface area contributed by atoms with Gasteiger partial charge in [0.25, 0.3) is 0 Å². The van der Waals surface area contributed by atoms with E-state index in [0.717, 1.165) is 4.90 Å². The number of hydrogen-bond acceptors (Lipinski definition) is 13. The Labute approximate surface area is 393 Å². The lowest BCUT2D eigenvalue weighted by atomic mass is 9.91. The predicted octanol–water partition coefficient (Wildman–Crippen LogP) is -2.49. The van der Waals surface area contributed by atoms with Crippen molar-refractivity contribution >= 4 is 70.6 Å². The molecule has 2 fully saturated rings. The van der Waals surface area contributed by atoms with Crippen LogP contribution in [0.25, 0.3) is 0 Å². The van der Waals surface area contributed by atoms with Crippen molar-refractivity contribution in [1.29, 1.82) is 0 Å². The third-order valence-corrected chi connectivity index (χ3v) is 11.8. The van der Waals surface area contributed by atoms with Gasteiger partial charge < -0.3 is 59.1 Å². The van der Waals surface area contributed by atoms with Crippen molar-refractivity contribution in [3.05, 3.63) is 29.8 Å². The van der Waals surface area contributed by atoms with Crippen LogP contribution in [-0.4, -0.2) is 130 Å². The van der Waals surface area contributed by atoms with Crippen LogP contribution >= 0.6 is 0 Å². The van der Waals surface area contributed by atoms with Crippen LogP contribution in [-0.2, 0) is 64.0 Å². The molecule has 23 nitrogen and oxygen atoms in total. The molecule has 2 aliphatic heterocycles. The summed E-state index contributed by atoms with van der Waals surface area (Å²) in [6.45, 7) is 6.38. The van der Waals surface area contributed by atoms with Crippen molar-refractivity contribution in [3.8, 4) is 5.75 Å². The molecule has 2 saturated heterocycles. The maximum Gasteiger partial charge on any atom is 0.245 e. The highest BCUT2D eigenvalue weighted by atomic mass is 16.3. The fourth-order valence-corrected chi connectivity index (χ4v) is 7.67. The molecule has 0 aromatic heterocycles. The van der Waals surface area contributed by atoms with Gasteiger partial charge in [0, 0.05) is 51.5 Å². The van der Waals surface area contributed by atoms with Crippen LogP contribution < -0.4 is 49.1 Å². The van der Waals surface area contributed by atoms with Crippen LogP contribution in [0.2, 0.25) is 0 Å². The summed E-state index contributed by atoms with van der Waals surface area (Å²) in [6, 6.07) is -2.11. The largest absolute Gasteiger partial charge is 0.508 e. The van der Waals surface area contributed by atoms with Crippen LogP contribution in [0.4, 0.5) is 0 Å². The minimum Gasteiger partial charge on any atom is -0.508 e. The summed E-state index contributed by atoms with van der Waals surface area (Å²) in [6.07, 6.45) is -3.06. The van der Waals surface area contributed by atoms with E-state index in [1.54, 1.807) is 13.8 Å². The Balaban J connectivity index is 2.03. The highest BCUT2D eigenvalue weighted by Gasteiger charge is 2.43. The molecule has 13 N–H and O–H groups in total. The molecule has 0 spiro atoms. The van der Waals surface area contributed by atoms with E-state index in [9.17, 15) is 62.6 Å². The van der Waals surface area contributed by atoms with Gasteiger partial charge in [-0.1, -0.05) is 46.2 Å². The maximum absolute atomic E-state index is 14.3. The van der Waals surface area contributed by atoms with E-state index in [0.29, 0.717) is 12.0 Å². The summed E-state index contributed by atoms with van der Waals surface area (Å²) in [4.78, 5) is 160. The van der Waals surface area contributed by atoms with Gasteiger partial charge >= 0.3 is 0 Å². The van der Waals surface area contributed by atoms with Gasteiger partial charge in [0.05, 0.1) is 24.5 Å². The first-order chi connectivity index (χ1) is 32.0. The number of ketones is 2. The van der Waals surface area contributed by atoms with Gasteiger partial charge in [-0.25, -0.2) is 0 Å².